The zero-order valence-electron chi connectivity index (χ0n) is 15.9. The fourth-order valence-electron chi connectivity index (χ4n) is 2.99. The third-order valence-corrected chi connectivity index (χ3v) is 6.14. The van der Waals surface area contributed by atoms with Crippen LogP contribution in [0.5, 0.6) is 11.5 Å². The van der Waals surface area contributed by atoms with Crippen LogP contribution in [-0.4, -0.2) is 8.80 Å². The largest absolute Gasteiger partial charge is 0.454 e. The Morgan fingerprint density at radius 2 is 1.52 bits per heavy atom. The van der Waals surface area contributed by atoms with E-state index >= 15 is 4.39 Å². The van der Waals surface area contributed by atoms with Crippen molar-refractivity contribution >= 4 is 14.6 Å². The van der Waals surface area contributed by atoms with Gasteiger partial charge in [-0.3, -0.25) is 0 Å². The second kappa shape index (κ2) is 9.09. The second-order valence-corrected chi connectivity index (χ2v) is 9.52. The third kappa shape index (κ3) is 4.95. The molecule has 0 aromatic heterocycles. The van der Waals surface area contributed by atoms with E-state index in [1.165, 1.54) is 30.3 Å². The highest BCUT2D eigenvalue weighted by molar-refractivity contribution is 6.58. The van der Waals surface area contributed by atoms with Crippen molar-refractivity contribution in [2.45, 2.75) is 18.6 Å². The van der Waals surface area contributed by atoms with Gasteiger partial charge in [0.1, 0.15) is 17.4 Å². The highest BCUT2D eigenvalue weighted by Gasteiger charge is 2.27. The van der Waals surface area contributed by atoms with Crippen molar-refractivity contribution < 1.29 is 22.3 Å². The molecule has 6 heteroatoms. The van der Waals surface area contributed by atoms with Gasteiger partial charge >= 0.3 is 0 Å². The number of ether oxygens (including phenoxy) is 1. The molecule has 0 fully saturated rings. The van der Waals surface area contributed by atoms with E-state index in [-0.39, 0.29) is 11.3 Å². The summed E-state index contributed by atoms with van der Waals surface area (Å²) in [5.41, 5.74) is -0.477. The van der Waals surface area contributed by atoms with Crippen LogP contribution in [0.3, 0.4) is 0 Å². The number of hydrogen-bond acceptors (Lipinski definition) is 1. The van der Waals surface area contributed by atoms with Gasteiger partial charge in [0.15, 0.2) is 17.4 Å². The molecule has 3 rings (SSSR count). The second-order valence-electron chi connectivity index (χ2n) is 6.78. The van der Waals surface area contributed by atoms with Gasteiger partial charge in [0.2, 0.25) is 0 Å². The molecule has 0 aliphatic heterocycles. The van der Waals surface area contributed by atoms with Crippen molar-refractivity contribution in [1.82, 2.24) is 0 Å². The van der Waals surface area contributed by atoms with Gasteiger partial charge in [0.05, 0.1) is 8.80 Å². The minimum absolute atomic E-state index is 0.0416. The van der Waals surface area contributed by atoms with E-state index in [0.717, 1.165) is 12.1 Å². The van der Waals surface area contributed by atoms with Crippen LogP contribution in [0.4, 0.5) is 17.6 Å². The first-order valence-electron chi connectivity index (χ1n) is 9.00. The lowest BCUT2D eigenvalue weighted by atomic mass is 10.1. The highest BCUT2D eigenvalue weighted by atomic mass is 28.3. The van der Waals surface area contributed by atoms with Gasteiger partial charge in [-0.15, -0.1) is 0 Å². The maximum atomic E-state index is 15.1. The van der Waals surface area contributed by atoms with Gasteiger partial charge in [-0.2, -0.15) is 0 Å². The summed E-state index contributed by atoms with van der Waals surface area (Å²) in [7, 11) is -1.41. The number of hydrogen-bond donors (Lipinski definition) is 0. The summed E-state index contributed by atoms with van der Waals surface area (Å²) in [5, 5.41) is 0. The molecule has 1 radical (unpaired) electrons. The fourth-order valence-corrected chi connectivity index (χ4v) is 4.47. The van der Waals surface area contributed by atoms with E-state index in [1.807, 2.05) is 13.1 Å². The minimum atomic E-state index is -1.41. The van der Waals surface area contributed by atoms with Gasteiger partial charge < -0.3 is 4.74 Å². The lowest BCUT2D eigenvalue weighted by Crippen LogP contribution is -2.18. The smallest absolute Gasteiger partial charge is 0.165 e. The maximum Gasteiger partial charge on any atom is 0.165 e. The van der Waals surface area contributed by atoms with Crippen LogP contribution in [0.15, 0.2) is 78.6 Å². The first kappa shape index (κ1) is 20.9. The Kier molecular flexibility index (Phi) is 6.54. The molecule has 149 valence electrons. The summed E-state index contributed by atoms with van der Waals surface area (Å²) in [6, 6.07) is 17.2. The summed E-state index contributed by atoms with van der Waals surface area (Å²) >= 11 is 0. The van der Waals surface area contributed by atoms with Crippen LogP contribution in [0.1, 0.15) is 16.7 Å². The molecule has 1 atom stereocenters. The van der Waals surface area contributed by atoms with Crippen molar-refractivity contribution in [2.24, 2.45) is 0 Å². The first-order valence-corrected chi connectivity index (χ1v) is 11.6. The average molecular weight is 415 g/mol. The summed E-state index contributed by atoms with van der Waals surface area (Å²) in [4.78, 5) is 0. The van der Waals surface area contributed by atoms with Crippen molar-refractivity contribution in [3.63, 3.8) is 0 Å². The van der Waals surface area contributed by atoms with Gasteiger partial charge in [-0.05, 0) is 54.1 Å². The molecule has 0 saturated carbocycles. The monoisotopic (exact) mass is 415 g/mol. The summed E-state index contributed by atoms with van der Waals surface area (Å²) in [5.74, 6) is -2.75. The normalized spacial score (nSPS) is 13.2. The predicted octanol–water partition coefficient (Wildman–Crippen LogP) is 7.44. The zero-order valence-corrected chi connectivity index (χ0v) is 16.9. The molecule has 1 nitrogen and oxygen atoms in total. The Bertz CT molecular complexity index is 1000. The van der Waals surface area contributed by atoms with E-state index in [4.69, 9.17) is 4.74 Å². The fraction of sp³-hybridized carbons (Fsp3) is 0.130. The molecule has 3 aromatic rings. The van der Waals surface area contributed by atoms with Crippen molar-refractivity contribution in [3.05, 3.63) is 101 Å². The van der Waals surface area contributed by atoms with Gasteiger partial charge in [-0.25, -0.2) is 17.6 Å². The number of rotatable bonds is 6. The average Bonchev–Trinajstić information content (AvgIpc) is 2.71. The quantitative estimate of drug-likeness (QED) is 0.300. The van der Waals surface area contributed by atoms with Crippen LogP contribution < -0.4 is 4.74 Å². The molecular weight excluding hydrogens is 396 g/mol. The molecule has 0 bridgehead atoms. The van der Waals surface area contributed by atoms with E-state index in [2.05, 4.69) is 0 Å². The Morgan fingerprint density at radius 3 is 2.14 bits per heavy atom. The van der Waals surface area contributed by atoms with Gasteiger partial charge in [-0.1, -0.05) is 37.4 Å². The highest BCUT2D eigenvalue weighted by Crippen LogP contribution is 2.37. The van der Waals surface area contributed by atoms with Crippen LogP contribution >= 0.6 is 0 Å². The van der Waals surface area contributed by atoms with E-state index < -0.39 is 37.6 Å². The van der Waals surface area contributed by atoms with E-state index in [1.54, 1.807) is 30.3 Å². The summed E-state index contributed by atoms with van der Waals surface area (Å²) in [6.45, 7) is 3.68. The van der Waals surface area contributed by atoms with E-state index in [9.17, 15) is 13.2 Å². The topological polar surface area (TPSA) is 9.23 Å². The first-order chi connectivity index (χ1) is 13.9. The van der Waals surface area contributed by atoms with Crippen LogP contribution in [0.2, 0.25) is 13.1 Å². The number of benzene rings is 3. The molecule has 1 unspecified atom stereocenters. The molecule has 29 heavy (non-hydrogen) atoms. The standard InChI is InChI=1S/C23H19F4OSi/c1-29(2)23(22(27)21(26)15-8-11-17(24)12-9-15)16-10-13-19(25)20(14-16)28-18-6-4-3-5-7-18/h3-14,23H,1-2H3. The maximum absolute atomic E-state index is 15.1. The van der Waals surface area contributed by atoms with Crippen LogP contribution in [0, 0.1) is 11.6 Å². The zero-order chi connectivity index (χ0) is 21.0. The lowest BCUT2D eigenvalue weighted by molar-refractivity contribution is 0.441. The minimum Gasteiger partial charge on any atom is -0.454 e. The molecule has 0 aliphatic rings. The van der Waals surface area contributed by atoms with Crippen molar-refractivity contribution in [2.75, 3.05) is 0 Å². The number of allylic oxidation sites excluding steroid dienone is 1. The molecule has 0 amide bonds. The van der Waals surface area contributed by atoms with Gasteiger partial charge in [0, 0.05) is 11.1 Å². The molecule has 0 saturated heterocycles. The van der Waals surface area contributed by atoms with Crippen LogP contribution in [0.25, 0.3) is 5.83 Å². The lowest BCUT2D eigenvalue weighted by Gasteiger charge is -2.20. The SMILES string of the molecule is C[Si](C)C(C(F)=C(F)c1ccc(F)cc1)c1ccc(F)c(Oc2ccccc2)c1. The number of para-hydroxylation sites is 1. The van der Waals surface area contributed by atoms with Crippen LogP contribution in [-0.2, 0) is 0 Å². The van der Waals surface area contributed by atoms with Crippen molar-refractivity contribution in [3.8, 4) is 11.5 Å². The molecule has 0 spiro atoms. The Balaban J connectivity index is 1.99. The predicted molar refractivity (Wildman–Crippen MR) is 109 cm³/mol. The molecule has 0 heterocycles. The molecule has 0 N–H and O–H groups in total. The van der Waals surface area contributed by atoms with Crippen molar-refractivity contribution in [1.29, 1.82) is 0 Å². The summed E-state index contributed by atoms with van der Waals surface area (Å²) in [6.07, 6.45) is 0. The Hall–Kier alpha value is -2.86. The molecular formula is C23H19F4OSi. The number of halogens is 4. The summed E-state index contributed by atoms with van der Waals surface area (Å²) < 4.78 is 62.8. The molecule has 3 aromatic carbocycles. The van der Waals surface area contributed by atoms with Gasteiger partial charge in [0.25, 0.3) is 0 Å². The third-order valence-electron chi connectivity index (χ3n) is 4.40. The Morgan fingerprint density at radius 1 is 0.862 bits per heavy atom. The Labute approximate surface area is 168 Å². The van der Waals surface area contributed by atoms with E-state index in [0.29, 0.717) is 11.3 Å². The molecule has 0 aliphatic carbocycles.